The van der Waals surface area contributed by atoms with Crippen LogP contribution in [0.4, 0.5) is 0 Å². The Morgan fingerprint density at radius 1 is 1.10 bits per heavy atom. The van der Waals surface area contributed by atoms with Crippen molar-refractivity contribution < 1.29 is 15.0 Å². The molecule has 21 heavy (non-hydrogen) atoms. The molecule has 2 aromatic carbocycles. The highest BCUT2D eigenvalue weighted by Gasteiger charge is 2.21. The number of aryl methyl sites for hydroxylation is 1. The van der Waals surface area contributed by atoms with E-state index in [2.05, 4.69) is 0 Å². The molecule has 0 saturated carbocycles. The monoisotopic (exact) mass is 285 g/mol. The van der Waals surface area contributed by atoms with E-state index < -0.39 is 0 Å². The number of hydrogen-bond donors (Lipinski definition) is 2. The first kappa shape index (κ1) is 14.9. The minimum atomic E-state index is -0.239. The van der Waals surface area contributed by atoms with Crippen molar-refractivity contribution in [1.82, 2.24) is 4.90 Å². The largest absolute Gasteiger partial charge is 0.508 e. The van der Waals surface area contributed by atoms with Gasteiger partial charge in [0.25, 0.3) is 5.91 Å². The minimum Gasteiger partial charge on any atom is -0.508 e. The molecule has 0 spiro atoms. The summed E-state index contributed by atoms with van der Waals surface area (Å²) in [5.74, 6) is -0.0663. The quantitative estimate of drug-likeness (QED) is 0.910. The van der Waals surface area contributed by atoms with E-state index in [9.17, 15) is 15.0 Å². The second-order valence-corrected chi connectivity index (χ2v) is 5.20. The van der Waals surface area contributed by atoms with Crippen LogP contribution in [0.3, 0.4) is 0 Å². The molecule has 0 saturated heterocycles. The number of aromatic hydroxyl groups is 2. The molecule has 2 rings (SSSR count). The van der Waals surface area contributed by atoms with E-state index in [-0.39, 0.29) is 23.4 Å². The summed E-state index contributed by atoms with van der Waals surface area (Å²) in [6.07, 6.45) is 0. The first-order valence-electron chi connectivity index (χ1n) is 6.76. The predicted octanol–water partition coefficient (Wildman–Crippen LogP) is 3.24. The molecule has 1 amide bonds. The third-order valence-corrected chi connectivity index (χ3v) is 3.66. The molecule has 0 heterocycles. The molecule has 0 aliphatic rings. The van der Waals surface area contributed by atoms with Gasteiger partial charge in [0.2, 0.25) is 0 Å². The van der Waals surface area contributed by atoms with Crippen molar-refractivity contribution in [2.24, 2.45) is 0 Å². The van der Waals surface area contributed by atoms with Crippen LogP contribution in [0.2, 0.25) is 0 Å². The number of benzene rings is 2. The van der Waals surface area contributed by atoms with Crippen molar-refractivity contribution >= 4 is 5.91 Å². The minimum absolute atomic E-state index is 0.0182. The highest BCUT2D eigenvalue weighted by Crippen LogP contribution is 2.26. The summed E-state index contributed by atoms with van der Waals surface area (Å²) in [5, 5.41) is 19.2. The maximum Gasteiger partial charge on any atom is 0.257 e. The van der Waals surface area contributed by atoms with E-state index in [1.165, 1.54) is 6.07 Å². The van der Waals surface area contributed by atoms with Crippen molar-refractivity contribution in [3.8, 4) is 11.5 Å². The topological polar surface area (TPSA) is 60.8 Å². The average molecular weight is 285 g/mol. The first-order valence-corrected chi connectivity index (χ1v) is 6.76. The molecule has 0 radical (unpaired) electrons. The number of rotatable bonds is 3. The summed E-state index contributed by atoms with van der Waals surface area (Å²) in [4.78, 5) is 14.1. The van der Waals surface area contributed by atoms with Crippen molar-refractivity contribution in [3.63, 3.8) is 0 Å². The van der Waals surface area contributed by atoms with Gasteiger partial charge in [-0.1, -0.05) is 23.8 Å². The lowest BCUT2D eigenvalue weighted by molar-refractivity contribution is 0.0739. The van der Waals surface area contributed by atoms with Gasteiger partial charge in [-0.25, -0.2) is 0 Å². The van der Waals surface area contributed by atoms with Gasteiger partial charge < -0.3 is 15.1 Å². The predicted molar refractivity (Wildman–Crippen MR) is 81.5 cm³/mol. The van der Waals surface area contributed by atoms with Crippen LogP contribution >= 0.6 is 0 Å². The summed E-state index contributed by atoms with van der Waals surface area (Å²) >= 11 is 0. The normalized spacial score (nSPS) is 12.0. The van der Waals surface area contributed by atoms with Crippen molar-refractivity contribution in [2.75, 3.05) is 7.05 Å². The number of carbonyl (C=O) groups is 1. The third-order valence-electron chi connectivity index (χ3n) is 3.66. The number of hydrogen-bond acceptors (Lipinski definition) is 3. The molecule has 1 atom stereocenters. The van der Waals surface area contributed by atoms with Crippen molar-refractivity contribution in [1.29, 1.82) is 0 Å². The van der Waals surface area contributed by atoms with Crippen LogP contribution < -0.4 is 0 Å². The van der Waals surface area contributed by atoms with Crippen LogP contribution in [0.25, 0.3) is 0 Å². The summed E-state index contributed by atoms with van der Waals surface area (Å²) in [5.41, 5.74) is 2.13. The van der Waals surface area contributed by atoms with E-state index in [1.807, 2.05) is 13.8 Å². The van der Waals surface area contributed by atoms with E-state index in [4.69, 9.17) is 0 Å². The van der Waals surface area contributed by atoms with Gasteiger partial charge in [-0.3, -0.25) is 4.79 Å². The Labute approximate surface area is 124 Å². The molecule has 0 aliphatic heterocycles. The summed E-state index contributed by atoms with van der Waals surface area (Å²) in [6, 6.07) is 11.5. The molecular weight excluding hydrogens is 266 g/mol. The van der Waals surface area contributed by atoms with Gasteiger partial charge >= 0.3 is 0 Å². The van der Waals surface area contributed by atoms with E-state index >= 15 is 0 Å². The molecule has 2 aromatic rings. The molecule has 2 N–H and O–H groups in total. The van der Waals surface area contributed by atoms with E-state index in [1.54, 1.807) is 48.3 Å². The molecule has 0 aromatic heterocycles. The van der Waals surface area contributed by atoms with Gasteiger partial charge in [0, 0.05) is 7.05 Å². The lowest BCUT2D eigenvalue weighted by atomic mass is 10.0. The number of phenols is 2. The standard InChI is InChI=1S/C17H19NO3/c1-11-4-9-16(20)15(10-11)17(21)18(3)12(2)13-5-7-14(19)8-6-13/h4-10,12,19-20H,1-3H3. The van der Waals surface area contributed by atoms with Crippen LogP contribution in [-0.2, 0) is 0 Å². The Morgan fingerprint density at radius 3 is 2.33 bits per heavy atom. The lowest BCUT2D eigenvalue weighted by Gasteiger charge is -2.26. The fourth-order valence-electron chi connectivity index (χ4n) is 2.16. The number of nitrogens with zero attached hydrogens (tertiary/aromatic N) is 1. The lowest BCUT2D eigenvalue weighted by Crippen LogP contribution is -2.29. The van der Waals surface area contributed by atoms with E-state index in [0.717, 1.165) is 11.1 Å². The van der Waals surface area contributed by atoms with Gasteiger partial charge in [0.05, 0.1) is 11.6 Å². The smallest absolute Gasteiger partial charge is 0.257 e. The maximum atomic E-state index is 12.5. The average Bonchev–Trinajstić information content (AvgIpc) is 2.48. The zero-order chi connectivity index (χ0) is 15.6. The molecular formula is C17H19NO3. The summed E-state index contributed by atoms with van der Waals surface area (Å²) < 4.78 is 0. The molecule has 4 heteroatoms. The molecule has 110 valence electrons. The molecule has 0 bridgehead atoms. The highest BCUT2D eigenvalue weighted by molar-refractivity contribution is 5.97. The van der Waals surface area contributed by atoms with Gasteiger partial charge in [0.1, 0.15) is 11.5 Å². The molecule has 0 aliphatic carbocycles. The van der Waals surface area contributed by atoms with E-state index in [0.29, 0.717) is 5.56 Å². The second kappa shape index (κ2) is 5.87. The second-order valence-electron chi connectivity index (χ2n) is 5.20. The van der Waals surface area contributed by atoms with Gasteiger partial charge in [-0.05, 0) is 43.7 Å². The molecule has 4 nitrogen and oxygen atoms in total. The van der Waals surface area contributed by atoms with Crippen LogP contribution in [0, 0.1) is 6.92 Å². The van der Waals surface area contributed by atoms with Crippen molar-refractivity contribution in [3.05, 3.63) is 59.2 Å². The maximum absolute atomic E-state index is 12.5. The number of amides is 1. The summed E-state index contributed by atoms with van der Waals surface area (Å²) in [6.45, 7) is 3.77. The van der Waals surface area contributed by atoms with Crippen LogP contribution in [-0.4, -0.2) is 28.1 Å². The van der Waals surface area contributed by atoms with Gasteiger partial charge in [0.15, 0.2) is 0 Å². The third kappa shape index (κ3) is 3.16. The SMILES string of the molecule is Cc1ccc(O)c(C(=O)N(C)C(C)c2ccc(O)cc2)c1. The Balaban J connectivity index is 2.26. The first-order chi connectivity index (χ1) is 9.90. The zero-order valence-electron chi connectivity index (χ0n) is 12.4. The van der Waals surface area contributed by atoms with Crippen molar-refractivity contribution in [2.45, 2.75) is 19.9 Å². The number of phenolic OH excluding ortho intramolecular Hbond substituents is 2. The molecule has 0 fully saturated rings. The van der Waals surface area contributed by atoms with Gasteiger partial charge in [-0.2, -0.15) is 0 Å². The Hall–Kier alpha value is -2.49. The van der Waals surface area contributed by atoms with Crippen LogP contribution in [0.15, 0.2) is 42.5 Å². The Kier molecular flexibility index (Phi) is 4.17. The zero-order valence-corrected chi connectivity index (χ0v) is 12.4. The highest BCUT2D eigenvalue weighted by atomic mass is 16.3. The fraction of sp³-hybridized carbons (Fsp3) is 0.235. The molecule has 1 unspecified atom stereocenters. The fourth-order valence-corrected chi connectivity index (χ4v) is 2.16. The summed E-state index contributed by atoms with van der Waals surface area (Å²) in [7, 11) is 1.70. The number of carbonyl (C=O) groups excluding carboxylic acids is 1. The Morgan fingerprint density at radius 2 is 1.71 bits per heavy atom. The van der Waals surface area contributed by atoms with Gasteiger partial charge in [-0.15, -0.1) is 0 Å². The Bertz CT molecular complexity index is 650. The van der Waals surface area contributed by atoms with Crippen LogP contribution in [0.1, 0.15) is 34.5 Å². The van der Waals surface area contributed by atoms with Crippen LogP contribution in [0.5, 0.6) is 11.5 Å².